The van der Waals surface area contributed by atoms with Crippen LogP contribution in [0, 0.1) is 0 Å². The van der Waals surface area contributed by atoms with Crippen molar-refractivity contribution in [2.24, 2.45) is 0 Å². The van der Waals surface area contributed by atoms with Crippen LogP contribution < -0.4 is 0 Å². The monoisotopic (exact) mass is 694 g/mol. The lowest BCUT2D eigenvalue weighted by Gasteiger charge is -2.18. The first-order valence-electron chi connectivity index (χ1n) is 19.1. The molecule has 1 heteroatoms. The number of benzene rings is 12. The molecule has 0 saturated carbocycles. The number of fused-ring (bicyclic) bond motifs is 12. The third-order valence-corrected chi connectivity index (χ3v) is 12.4. The van der Waals surface area contributed by atoms with Gasteiger partial charge in [0.15, 0.2) is 0 Å². The summed E-state index contributed by atoms with van der Waals surface area (Å²) in [4.78, 5) is 0. The molecule has 55 heavy (non-hydrogen) atoms. The highest BCUT2D eigenvalue weighted by atomic mass is 16.3. The first kappa shape index (κ1) is 29.3. The van der Waals surface area contributed by atoms with Crippen LogP contribution in [0.5, 0.6) is 0 Å². The molecule has 0 bridgehead atoms. The molecule has 1 nitrogen and oxygen atoms in total. The Kier molecular flexibility index (Phi) is 5.69. The number of furan rings is 1. The van der Waals surface area contributed by atoms with Crippen molar-refractivity contribution < 1.29 is 4.42 Å². The van der Waals surface area contributed by atoms with Gasteiger partial charge in [0.25, 0.3) is 0 Å². The normalized spacial score (nSPS) is 12.4. The number of hydrogen-bond donors (Lipinski definition) is 0. The van der Waals surface area contributed by atoms with Crippen LogP contribution in [0.25, 0.3) is 130 Å². The van der Waals surface area contributed by atoms with Crippen LogP contribution >= 0.6 is 0 Å². The van der Waals surface area contributed by atoms with E-state index in [-0.39, 0.29) is 0 Å². The van der Waals surface area contributed by atoms with Crippen molar-refractivity contribution in [3.8, 4) is 22.3 Å². The van der Waals surface area contributed by atoms with E-state index in [1.165, 1.54) is 108 Å². The molecule has 12 aromatic carbocycles. The quantitative estimate of drug-likeness (QED) is 0.130. The van der Waals surface area contributed by atoms with E-state index in [0.717, 1.165) is 21.9 Å². The molecule has 1 heterocycles. The molecule has 0 aliphatic heterocycles. The van der Waals surface area contributed by atoms with E-state index < -0.39 is 0 Å². The van der Waals surface area contributed by atoms with E-state index in [1.54, 1.807) is 0 Å². The summed E-state index contributed by atoms with van der Waals surface area (Å²) in [6.07, 6.45) is 0. The Morgan fingerprint density at radius 1 is 0.273 bits per heavy atom. The maximum atomic E-state index is 6.81. The second-order valence-electron chi connectivity index (χ2n) is 15.1. The molecule has 0 saturated heterocycles. The molecule has 13 rings (SSSR count). The Hall–Kier alpha value is -7.22. The highest BCUT2D eigenvalue weighted by Crippen LogP contribution is 2.47. The van der Waals surface area contributed by atoms with Gasteiger partial charge < -0.3 is 4.42 Å². The topological polar surface area (TPSA) is 13.1 Å². The molecule has 0 N–H and O–H groups in total. The maximum Gasteiger partial charge on any atom is 0.143 e. The van der Waals surface area contributed by atoms with Gasteiger partial charge in [0.1, 0.15) is 11.2 Å². The molecule has 0 aliphatic carbocycles. The lowest BCUT2D eigenvalue weighted by Crippen LogP contribution is -1.91. The van der Waals surface area contributed by atoms with Crippen molar-refractivity contribution >= 4 is 108 Å². The maximum absolute atomic E-state index is 6.81. The van der Waals surface area contributed by atoms with E-state index in [0.29, 0.717) is 0 Å². The zero-order chi connectivity index (χ0) is 35.8. The van der Waals surface area contributed by atoms with Crippen LogP contribution in [0.4, 0.5) is 0 Å². The van der Waals surface area contributed by atoms with E-state index in [9.17, 15) is 0 Å². The van der Waals surface area contributed by atoms with Crippen molar-refractivity contribution in [2.45, 2.75) is 0 Å². The number of hydrogen-bond acceptors (Lipinski definition) is 1. The summed E-state index contributed by atoms with van der Waals surface area (Å²) >= 11 is 0. The zero-order valence-corrected chi connectivity index (χ0v) is 29.7. The van der Waals surface area contributed by atoms with Gasteiger partial charge >= 0.3 is 0 Å². The van der Waals surface area contributed by atoms with E-state index >= 15 is 0 Å². The molecule has 0 amide bonds. The molecule has 0 atom stereocenters. The van der Waals surface area contributed by atoms with Gasteiger partial charge in [0.2, 0.25) is 0 Å². The Morgan fingerprint density at radius 3 is 1.44 bits per heavy atom. The van der Waals surface area contributed by atoms with Crippen LogP contribution in [0.2, 0.25) is 0 Å². The average molecular weight is 695 g/mol. The summed E-state index contributed by atoms with van der Waals surface area (Å²) < 4.78 is 6.81. The zero-order valence-electron chi connectivity index (χ0n) is 29.7. The molecule has 0 aliphatic rings. The van der Waals surface area contributed by atoms with Gasteiger partial charge in [-0.25, -0.2) is 0 Å². The van der Waals surface area contributed by atoms with Crippen molar-refractivity contribution in [2.75, 3.05) is 0 Å². The van der Waals surface area contributed by atoms with Crippen molar-refractivity contribution in [3.63, 3.8) is 0 Å². The first-order valence-corrected chi connectivity index (χ1v) is 19.1. The standard InChI is InChI=1S/C54H30O/c1-3-11-37-33(9-1)29-34-10-2-4-12-38(34)52(37)46-25-20-32-18-23-43-36(22-17-31-19-24-45(46)51(32)50(31)43)35-21-28-49-48(30-35)47-27-26-44-41-15-6-5-13-39(41)40-14-7-8-16-42(40)53(44)54(47)55-49/h1-30H. The van der Waals surface area contributed by atoms with E-state index in [4.69, 9.17) is 4.42 Å². The van der Waals surface area contributed by atoms with Gasteiger partial charge in [0, 0.05) is 16.2 Å². The minimum Gasteiger partial charge on any atom is -0.455 e. The van der Waals surface area contributed by atoms with Gasteiger partial charge in [0.05, 0.1) is 0 Å². The van der Waals surface area contributed by atoms with Crippen molar-refractivity contribution in [1.82, 2.24) is 0 Å². The molecular weight excluding hydrogens is 665 g/mol. The molecular formula is C54H30O. The van der Waals surface area contributed by atoms with Crippen LogP contribution in [-0.4, -0.2) is 0 Å². The predicted octanol–water partition coefficient (Wildman–Crippen LogP) is 15.6. The smallest absolute Gasteiger partial charge is 0.143 e. The molecule has 0 radical (unpaired) electrons. The third-order valence-electron chi connectivity index (χ3n) is 12.4. The van der Waals surface area contributed by atoms with Crippen molar-refractivity contribution in [3.05, 3.63) is 182 Å². The van der Waals surface area contributed by atoms with Crippen LogP contribution in [0.15, 0.2) is 186 Å². The fourth-order valence-corrected chi connectivity index (χ4v) is 9.96. The summed E-state index contributed by atoms with van der Waals surface area (Å²) in [6, 6.07) is 67.3. The molecule has 13 aromatic rings. The summed E-state index contributed by atoms with van der Waals surface area (Å²) in [5.41, 5.74) is 6.87. The summed E-state index contributed by atoms with van der Waals surface area (Å²) in [5, 5.41) is 22.5. The minimum absolute atomic E-state index is 0.910. The largest absolute Gasteiger partial charge is 0.455 e. The SMILES string of the molecule is c1ccc2c(-c3ccc4ccc5c(-c6ccc7oc8c(ccc9c%10ccccc%10c%10ccccc%10c98)c7c6)ccc6ccc3c4c65)c3ccccc3cc2c1. The van der Waals surface area contributed by atoms with Gasteiger partial charge in [-0.05, 0) is 127 Å². The second kappa shape index (κ2) is 10.7. The lowest BCUT2D eigenvalue weighted by molar-refractivity contribution is 0.673. The first-order chi connectivity index (χ1) is 27.3. The van der Waals surface area contributed by atoms with Gasteiger partial charge in [-0.15, -0.1) is 0 Å². The predicted molar refractivity (Wildman–Crippen MR) is 236 cm³/mol. The van der Waals surface area contributed by atoms with E-state index in [2.05, 4.69) is 182 Å². The Labute approximate surface area is 315 Å². The van der Waals surface area contributed by atoms with Gasteiger partial charge in [-0.1, -0.05) is 158 Å². The van der Waals surface area contributed by atoms with Crippen molar-refractivity contribution in [1.29, 1.82) is 0 Å². The second-order valence-corrected chi connectivity index (χ2v) is 15.1. The van der Waals surface area contributed by atoms with Crippen LogP contribution in [0.1, 0.15) is 0 Å². The Morgan fingerprint density at radius 2 is 0.764 bits per heavy atom. The lowest BCUT2D eigenvalue weighted by atomic mass is 9.85. The molecule has 1 aromatic heterocycles. The van der Waals surface area contributed by atoms with Gasteiger partial charge in [-0.2, -0.15) is 0 Å². The fourth-order valence-electron chi connectivity index (χ4n) is 9.96. The molecule has 0 unspecified atom stereocenters. The third kappa shape index (κ3) is 3.92. The summed E-state index contributed by atoms with van der Waals surface area (Å²) in [5.74, 6) is 0. The highest BCUT2D eigenvalue weighted by Gasteiger charge is 2.20. The van der Waals surface area contributed by atoms with Gasteiger partial charge in [-0.3, -0.25) is 0 Å². The number of rotatable bonds is 2. The summed E-state index contributed by atoms with van der Waals surface area (Å²) in [6.45, 7) is 0. The summed E-state index contributed by atoms with van der Waals surface area (Å²) in [7, 11) is 0. The van der Waals surface area contributed by atoms with Crippen LogP contribution in [0.3, 0.4) is 0 Å². The molecule has 252 valence electrons. The van der Waals surface area contributed by atoms with Crippen LogP contribution in [-0.2, 0) is 0 Å². The fraction of sp³-hybridized carbons (Fsp3) is 0. The molecule has 0 spiro atoms. The Balaban J connectivity index is 1.06. The Bertz CT molecular complexity index is 3680. The molecule has 0 fully saturated rings. The minimum atomic E-state index is 0.910. The average Bonchev–Trinajstić information content (AvgIpc) is 3.63. The van der Waals surface area contributed by atoms with E-state index in [1.807, 2.05) is 0 Å². The highest BCUT2D eigenvalue weighted by molar-refractivity contribution is 6.33.